The van der Waals surface area contributed by atoms with Crippen molar-refractivity contribution in [3.63, 3.8) is 0 Å². The van der Waals surface area contributed by atoms with Crippen LogP contribution in [0.3, 0.4) is 0 Å². The van der Waals surface area contributed by atoms with Gasteiger partial charge in [-0.3, -0.25) is 14.4 Å². The predicted molar refractivity (Wildman–Crippen MR) is 73.3 cm³/mol. The van der Waals surface area contributed by atoms with Crippen LogP contribution >= 0.6 is 0 Å². The zero-order chi connectivity index (χ0) is 15.8. The highest BCUT2D eigenvalue weighted by atomic mass is 16.6. The molecular formula is C14H23NO6. The molecule has 2 unspecified atom stereocenters. The van der Waals surface area contributed by atoms with Gasteiger partial charge in [-0.15, -0.1) is 0 Å². The number of rotatable bonds is 7. The van der Waals surface area contributed by atoms with Crippen LogP contribution in [-0.4, -0.2) is 49.8 Å². The lowest BCUT2D eigenvalue weighted by Gasteiger charge is -2.21. The average Bonchev–Trinajstić information content (AvgIpc) is 2.89. The lowest BCUT2D eigenvalue weighted by molar-refractivity contribution is -0.163. The van der Waals surface area contributed by atoms with Gasteiger partial charge in [0.15, 0.2) is 5.92 Å². The number of carbonyl (C=O) groups excluding carboxylic acids is 3. The molecule has 0 saturated carbocycles. The molecular weight excluding hydrogens is 278 g/mol. The van der Waals surface area contributed by atoms with Crippen molar-refractivity contribution in [3.05, 3.63) is 0 Å². The molecule has 0 aromatic carbocycles. The number of nitrogens with one attached hydrogen (secondary N) is 1. The van der Waals surface area contributed by atoms with Crippen molar-refractivity contribution in [2.24, 2.45) is 5.92 Å². The van der Waals surface area contributed by atoms with Crippen LogP contribution < -0.4 is 5.32 Å². The topological polar surface area (TPSA) is 90.9 Å². The summed E-state index contributed by atoms with van der Waals surface area (Å²) in [4.78, 5) is 35.6. The summed E-state index contributed by atoms with van der Waals surface area (Å²) in [5, 5.41) is 2.98. The van der Waals surface area contributed by atoms with Crippen LogP contribution in [0.25, 0.3) is 0 Å². The molecule has 7 heteroatoms. The average molecular weight is 301 g/mol. The fourth-order valence-electron chi connectivity index (χ4n) is 2.35. The first-order valence-electron chi connectivity index (χ1n) is 7.31. The van der Waals surface area contributed by atoms with Crippen LogP contribution in [-0.2, 0) is 28.6 Å². The van der Waals surface area contributed by atoms with E-state index in [4.69, 9.17) is 14.2 Å². The fourth-order valence-corrected chi connectivity index (χ4v) is 2.35. The number of hydrogen-bond acceptors (Lipinski definition) is 7. The normalized spacial score (nSPS) is 21.1. The highest BCUT2D eigenvalue weighted by Crippen LogP contribution is 2.22. The van der Waals surface area contributed by atoms with Gasteiger partial charge in [-0.05, 0) is 33.6 Å². The van der Waals surface area contributed by atoms with Gasteiger partial charge in [0.25, 0.3) is 0 Å². The second kappa shape index (κ2) is 8.61. The largest absolute Gasteiger partial charge is 0.465 e. The molecule has 21 heavy (non-hydrogen) atoms. The Morgan fingerprint density at radius 3 is 1.95 bits per heavy atom. The van der Waals surface area contributed by atoms with Gasteiger partial charge in [-0.2, -0.15) is 0 Å². The van der Waals surface area contributed by atoms with E-state index in [1.54, 1.807) is 20.8 Å². The molecule has 2 atom stereocenters. The van der Waals surface area contributed by atoms with Crippen LogP contribution in [0.15, 0.2) is 0 Å². The minimum Gasteiger partial charge on any atom is -0.465 e. The van der Waals surface area contributed by atoms with E-state index in [1.807, 2.05) is 0 Å². The summed E-state index contributed by atoms with van der Waals surface area (Å²) < 4.78 is 14.8. The lowest BCUT2D eigenvalue weighted by atomic mass is 9.98. The highest BCUT2D eigenvalue weighted by Gasteiger charge is 2.43. The molecule has 1 fully saturated rings. The molecule has 1 aliphatic rings. The molecule has 0 aromatic heterocycles. The van der Waals surface area contributed by atoms with E-state index in [0.717, 1.165) is 0 Å². The van der Waals surface area contributed by atoms with Gasteiger partial charge < -0.3 is 19.5 Å². The molecule has 1 N–H and O–H groups in total. The monoisotopic (exact) mass is 301 g/mol. The predicted octanol–water partition coefficient (Wildman–Crippen LogP) is 0.413. The Hall–Kier alpha value is -1.63. The van der Waals surface area contributed by atoms with E-state index in [-0.39, 0.29) is 19.2 Å². The van der Waals surface area contributed by atoms with E-state index in [9.17, 15) is 14.4 Å². The summed E-state index contributed by atoms with van der Waals surface area (Å²) in [6, 6.07) is -0.973. The Kier molecular flexibility index (Phi) is 7.14. The highest BCUT2D eigenvalue weighted by molar-refractivity contribution is 5.96. The molecule has 0 bridgehead atoms. The summed E-state index contributed by atoms with van der Waals surface area (Å²) in [5.74, 6) is -2.67. The summed E-state index contributed by atoms with van der Waals surface area (Å²) in [6.45, 7) is 5.73. The van der Waals surface area contributed by atoms with Crippen molar-refractivity contribution in [3.8, 4) is 0 Å². The molecule has 120 valence electrons. The SMILES string of the molecule is CCOC(=O)C1CCC(C(C(=O)OCC)C(=O)OCC)N1. The summed E-state index contributed by atoms with van der Waals surface area (Å²) in [5.41, 5.74) is 0. The van der Waals surface area contributed by atoms with E-state index in [1.165, 1.54) is 0 Å². The second-order valence-corrected chi connectivity index (χ2v) is 4.64. The Morgan fingerprint density at radius 2 is 1.48 bits per heavy atom. The van der Waals surface area contributed by atoms with Gasteiger partial charge >= 0.3 is 17.9 Å². The molecule has 0 aromatic rings. The van der Waals surface area contributed by atoms with E-state index >= 15 is 0 Å². The molecule has 0 spiro atoms. The van der Waals surface area contributed by atoms with E-state index in [0.29, 0.717) is 19.4 Å². The van der Waals surface area contributed by atoms with Crippen LogP contribution in [0.2, 0.25) is 0 Å². The summed E-state index contributed by atoms with van der Waals surface area (Å²) in [6.07, 6.45) is 1.02. The van der Waals surface area contributed by atoms with Crippen molar-refractivity contribution >= 4 is 17.9 Å². The molecule has 0 radical (unpaired) electrons. The van der Waals surface area contributed by atoms with Crippen molar-refractivity contribution in [2.75, 3.05) is 19.8 Å². The smallest absolute Gasteiger partial charge is 0.323 e. The second-order valence-electron chi connectivity index (χ2n) is 4.64. The first-order chi connectivity index (χ1) is 10.0. The number of esters is 3. The summed E-state index contributed by atoms with van der Waals surface area (Å²) in [7, 11) is 0. The number of hydrogen-bond donors (Lipinski definition) is 1. The number of ether oxygens (including phenoxy) is 3. The van der Waals surface area contributed by atoms with Crippen molar-refractivity contribution < 1.29 is 28.6 Å². The van der Waals surface area contributed by atoms with Gasteiger partial charge in [0.2, 0.25) is 0 Å². The Labute approximate surface area is 124 Å². The van der Waals surface area contributed by atoms with Gasteiger partial charge in [-0.25, -0.2) is 0 Å². The van der Waals surface area contributed by atoms with Crippen LogP contribution in [0.5, 0.6) is 0 Å². The third-order valence-electron chi connectivity index (χ3n) is 3.24. The molecule has 1 heterocycles. The maximum atomic E-state index is 12.0. The van der Waals surface area contributed by atoms with E-state index < -0.39 is 29.9 Å². The molecule has 1 rings (SSSR count). The quantitative estimate of drug-likeness (QED) is 0.414. The summed E-state index contributed by atoms with van der Waals surface area (Å²) >= 11 is 0. The van der Waals surface area contributed by atoms with Crippen LogP contribution in [0.1, 0.15) is 33.6 Å². The number of carbonyl (C=O) groups is 3. The lowest BCUT2D eigenvalue weighted by Crippen LogP contribution is -2.46. The zero-order valence-electron chi connectivity index (χ0n) is 12.7. The van der Waals surface area contributed by atoms with Gasteiger partial charge in [0, 0.05) is 6.04 Å². The van der Waals surface area contributed by atoms with Crippen molar-refractivity contribution in [1.82, 2.24) is 5.32 Å². The molecule has 7 nitrogen and oxygen atoms in total. The molecule has 1 aliphatic heterocycles. The minimum atomic E-state index is -1.05. The fraction of sp³-hybridized carbons (Fsp3) is 0.786. The Bertz CT molecular complexity index is 366. The minimum absolute atomic E-state index is 0.183. The van der Waals surface area contributed by atoms with Gasteiger partial charge in [-0.1, -0.05) is 0 Å². The molecule has 1 saturated heterocycles. The molecule has 0 amide bonds. The third kappa shape index (κ3) is 4.70. The maximum Gasteiger partial charge on any atom is 0.323 e. The maximum absolute atomic E-state index is 12.0. The van der Waals surface area contributed by atoms with Crippen molar-refractivity contribution in [2.45, 2.75) is 45.7 Å². The van der Waals surface area contributed by atoms with Gasteiger partial charge in [0.05, 0.1) is 19.8 Å². The third-order valence-corrected chi connectivity index (χ3v) is 3.24. The standard InChI is InChI=1S/C14H23NO6/c1-4-19-12(16)10-8-7-9(15-10)11(13(17)20-5-2)14(18)21-6-3/h9-11,15H,4-8H2,1-3H3. The van der Waals surface area contributed by atoms with Crippen molar-refractivity contribution in [1.29, 1.82) is 0 Å². The van der Waals surface area contributed by atoms with E-state index in [2.05, 4.69) is 5.32 Å². The Balaban J connectivity index is 2.74. The Morgan fingerprint density at radius 1 is 0.952 bits per heavy atom. The van der Waals surface area contributed by atoms with Crippen LogP contribution in [0.4, 0.5) is 0 Å². The first-order valence-corrected chi connectivity index (χ1v) is 7.31. The van der Waals surface area contributed by atoms with Gasteiger partial charge in [0.1, 0.15) is 6.04 Å². The zero-order valence-corrected chi connectivity index (χ0v) is 12.7. The van der Waals surface area contributed by atoms with Crippen LogP contribution in [0, 0.1) is 5.92 Å². The first kappa shape index (κ1) is 17.4. The molecule has 0 aliphatic carbocycles.